The van der Waals surface area contributed by atoms with E-state index in [2.05, 4.69) is 4.98 Å². The van der Waals surface area contributed by atoms with Gasteiger partial charge in [0.1, 0.15) is 11.3 Å². The summed E-state index contributed by atoms with van der Waals surface area (Å²) in [5, 5.41) is 11.2. The van der Waals surface area contributed by atoms with Gasteiger partial charge in [-0.15, -0.1) is 0 Å². The van der Waals surface area contributed by atoms with Crippen LogP contribution in [0.3, 0.4) is 0 Å². The van der Waals surface area contributed by atoms with Crippen LogP contribution in [-0.4, -0.2) is 15.7 Å². The fourth-order valence-electron chi connectivity index (χ4n) is 2.04. The van der Waals surface area contributed by atoms with E-state index in [-0.39, 0.29) is 17.0 Å². The van der Waals surface area contributed by atoms with Gasteiger partial charge in [0.25, 0.3) is 0 Å². The molecular weight excluding hydrogens is 232 g/mol. The summed E-state index contributed by atoms with van der Waals surface area (Å²) in [7, 11) is 0. The molecule has 0 saturated carbocycles. The first-order valence-electron chi connectivity index (χ1n) is 5.45. The molecule has 0 aliphatic heterocycles. The molecule has 0 bridgehead atoms. The lowest BCUT2D eigenvalue weighted by molar-refractivity contribution is -0.384. The van der Waals surface area contributed by atoms with E-state index >= 15 is 0 Å². The zero-order chi connectivity index (χ0) is 13.3. The fourth-order valence-corrected chi connectivity index (χ4v) is 2.04. The highest BCUT2D eigenvalue weighted by Gasteiger charge is 2.28. The highest BCUT2D eigenvalue weighted by molar-refractivity contribution is 6.02. The first kappa shape index (κ1) is 12.0. The second kappa shape index (κ2) is 4.44. The number of aromatic amines is 1. The van der Waals surface area contributed by atoms with Crippen molar-refractivity contribution in [2.24, 2.45) is 0 Å². The van der Waals surface area contributed by atoms with Crippen molar-refractivity contribution in [1.29, 1.82) is 0 Å². The molecule has 0 saturated heterocycles. The SMILES string of the molecule is CC(=O)c1c(C)[nH]c(-c2ccccc2)c1[N+](=O)[O-]. The smallest absolute Gasteiger partial charge is 0.305 e. The molecule has 0 spiro atoms. The van der Waals surface area contributed by atoms with Crippen molar-refractivity contribution in [3.05, 3.63) is 51.7 Å². The van der Waals surface area contributed by atoms with E-state index in [0.29, 0.717) is 17.0 Å². The van der Waals surface area contributed by atoms with E-state index in [1.165, 1.54) is 6.92 Å². The number of carbonyl (C=O) groups is 1. The zero-order valence-corrected chi connectivity index (χ0v) is 10.1. The Bertz CT molecular complexity index is 615. The minimum atomic E-state index is -0.511. The van der Waals surface area contributed by atoms with Crippen LogP contribution < -0.4 is 0 Å². The van der Waals surface area contributed by atoms with Gasteiger partial charge in [0.15, 0.2) is 5.78 Å². The van der Waals surface area contributed by atoms with Crippen LogP contribution in [0, 0.1) is 17.0 Å². The number of carbonyl (C=O) groups excluding carboxylic acids is 1. The highest BCUT2D eigenvalue weighted by Crippen LogP contribution is 2.34. The van der Waals surface area contributed by atoms with Gasteiger partial charge in [-0.2, -0.15) is 0 Å². The number of nitrogens with one attached hydrogen (secondary N) is 1. The average molecular weight is 244 g/mol. The Balaban J connectivity index is 2.73. The maximum Gasteiger partial charge on any atom is 0.305 e. The number of nitrogens with zero attached hydrogens (tertiary/aromatic N) is 1. The molecule has 18 heavy (non-hydrogen) atoms. The number of ketones is 1. The van der Waals surface area contributed by atoms with Crippen LogP contribution in [0.15, 0.2) is 30.3 Å². The number of benzene rings is 1. The standard InChI is InChI=1S/C13H12N2O3/c1-8-11(9(2)16)13(15(17)18)12(14-8)10-6-4-3-5-7-10/h3-7,14H,1-2H3. The van der Waals surface area contributed by atoms with Crippen molar-refractivity contribution in [3.8, 4) is 11.3 Å². The Hall–Kier alpha value is -2.43. The van der Waals surface area contributed by atoms with Gasteiger partial charge in [0, 0.05) is 11.3 Å². The third-order valence-electron chi connectivity index (χ3n) is 2.76. The molecule has 0 unspecified atom stereocenters. The largest absolute Gasteiger partial charge is 0.352 e. The molecule has 0 atom stereocenters. The first-order chi connectivity index (χ1) is 8.52. The molecule has 0 fully saturated rings. The van der Waals surface area contributed by atoms with Crippen molar-refractivity contribution >= 4 is 11.5 Å². The molecule has 5 heteroatoms. The Kier molecular flexibility index (Phi) is 2.97. The van der Waals surface area contributed by atoms with Gasteiger partial charge in [0.05, 0.1) is 4.92 Å². The van der Waals surface area contributed by atoms with Crippen LogP contribution in [0.25, 0.3) is 11.3 Å². The van der Waals surface area contributed by atoms with E-state index in [0.717, 1.165) is 0 Å². The summed E-state index contributed by atoms with van der Waals surface area (Å²) >= 11 is 0. The minimum Gasteiger partial charge on any atom is -0.352 e. The molecule has 0 aliphatic carbocycles. The lowest BCUT2D eigenvalue weighted by Crippen LogP contribution is -1.99. The second-order valence-electron chi connectivity index (χ2n) is 4.03. The van der Waals surface area contributed by atoms with E-state index in [4.69, 9.17) is 0 Å². The lowest BCUT2D eigenvalue weighted by Gasteiger charge is -1.98. The van der Waals surface area contributed by atoms with Crippen LogP contribution in [-0.2, 0) is 0 Å². The number of H-pyrrole nitrogens is 1. The summed E-state index contributed by atoms with van der Waals surface area (Å²) < 4.78 is 0. The summed E-state index contributed by atoms with van der Waals surface area (Å²) in [4.78, 5) is 25.1. The highest BCUT2D eigenvalue weighted by atomic mass is 16.6. The van der Waals surface area contributed by atoms with Crippen molar-refractivity contribution in [1.82, 2.24) is 4.98 Å². The molecule has 1 N–H and O–H groups in total. The Morgan fingerprint density at radius 1 is 1.28 bits per heavy atom. The number of aryl methyl sites for hydroxylation is 1. The predicted molar refractivity (Wildman–Crippen MR) is 67.6 cm³/mol. The molecule has 1 aromatic heterocycles. The minimum absolute atomic E-state index is 0.147. The van der Waals surface area contributed by atoms with E-state index in [1.807, 2.05) is 6.07 Å². The van der Waals surface area contributed by atoms with Crippen LogP contribution in [0.5, 0.6) is 0 Å². The molecule has 2 rings (SSSR count). The first-order valence-corrected chi connectivity index (χ1v) is 5.45. The van der Waals surface area contributed by atoms with Crippen LogP contribution in [0.4, 0.5) is 5.69 Å². The van der Waals surface area contributed by atoms with Gasteiger partial charge in [0.2, 0.25) is 0 Å². The Labute approximate surface area is 104 Å². The summed E-state index contributed by atoms with van der Waals surface area (Å²) in [6.45, 7) is 2.99. The quantitative estimate of drug-likeness (QED) is 0.512. The van der Waals surface area contributed by atoms with Gasteiger partial charge in [-0.05, 0) is 13.8 Å². The number of aromatic nitrogens is 1. The summed E-state index contributed by atoms with van der Waals surface area (Å²) in [6.07, 6.45) is 0. The molecule has 0 radical (unpaired) electrons. The van der Waals surface area contributed by atoms with Crippen molar-refractivity contribution in [2.75, 3.05) is 0 Å². The van der Waals surface area contributed by atoms with Crippen molar-refractivity contribution in [2.45, 2.75) is 13.8 Å². The summed E-state index contributed by atoms with van der Waals surface area (Å²) in [5.74, 6) is -0.308. The zero-order valence-electron chi connectivity index (χ0n) is 10.1. The third-order valence-corrected chi connectivity index (χ3v) is 2.76. The van der Waals surface area contributed by atoms with Crippen molar-refractivity contribution in [3.63, 3.8) is 0 Å². The van der Waals surface area contributed by atoms with Gasteiger partial charge in [-0.3, -0.25) is 14.9 Å². The Morgan fingerprint density at radius 3 is 2.39 bits per heavy atom. The van der Waals surface area contributed by atoms with Gasteiger partial charge < -0.3 is 4.98 Å². The van der Waals surface area contributed by atoms with Gasteiger partial charge in [-0.25, -0.2) is 0 Å². The molecule has 92 valence electrons. The maximum atomic E-state index is 11.5. The molecular formula is C13H12N2O3. The third kappa shape index (κ3) is 1.90. The number of hydrogen-bond donors (Lipinski definition) is 1. The van der Waals surface area contributed by atoms with Crippen LogP contribution in [0.1, 0.15) is 23.0 Å². The Morgan fingerprint density at radius 2 is 1.89 bits per heavy atom. The maximum absolute atomic E-state index is 11.5. The summed E-state index contributed by atoms with van der Waals surface area (Å²) in [5.41, 5.74) is 1.60. The molecule has 1 aromatic carbocycles. The predicted octanol–water partition coefficient (Wildman–Crippen LogP) is 3.10. The van der Waals surface area contributed by atoms with Gasteiger partial charge >= 0.3 is 5.69 Å². The van der Waals surface area contributed by atoms with Crippen LogP contribution in [0.2, 0.25) is 0 Å². The molecule has 0 amide bonds. The fraction of sp³-hybridized carbons (Fsp3) is 0.154. The normalized spacial score (nSPS) is 10.3. The lowest BCUT2D eigenvalue weighted by atomic mass is 10.1. The monoisotopic (exact) mass is 244 g/mol. The van der Waals surface area contributed by atoms with E-state index in [1.54, 1.807) is 31.2 Å². The molecule has 1 heterocycles. The van der Waals surface area contributed by atoms with Crippen LogP contribution >= 0.6 is 0 Å². The van der Waals surface area contributed by atoms with E-state index < -0.39 is 4.92 Å². The summed E-state index contributed by atoms with van der Waals surface area (Å²) in [6, 6.07) is 8.95. The number of Topliss-reactive ketones (excluding diaryl/α,β-unsaturated/α-hetero) is 1. The van der Waals surface area contributed by atoms with Crippen molar-refractivity contribution < 1.29 is 9.72 Å². The number of hydrogen-bond acceptors (Lipinski definition) is 3. The average Bonchev–Trinajstić information content (AvgIpc) is 2.68. The molecule has 5 nitrogen and oxygen atoms in total. The number of nitro groups is 1. The van der Waals surface area contributed by atoms with E-state index in [9.17, 15) is 14.9 Å². The second-order valence-corrected chi connectivity index (χ2v) is 4.03. The molecule has 2 aromatic rings. The topological polar surface area (TPSA) is 76.0 Å². The van der Waals surface area contributed by atoms with Gasteiger partial charge in [-0.1, -0.05) is 30.3 Å². The number of rotatable bonds is 3. The molecule has 0 aliphatic rings.